The molecule has 0 bridgehead atoms. The van der Waals surface area contributed by atoms with Gasteiger partial charge < -0.3 is 10.4 Å². The molecular formula is C13H15F2N3O. The number of anilines is 1. The van der Waals surface area contributed by atoms with Crippen LogP contribution in [-0.2, 0) is 0 Å². The lowest BCUT2D eigenvalue weighted by Gasteiger charge is -2.16. The first-order chi connectivity index (χ1) is 9.15. The molecule has 2 rings (SSSR count). The standard InChI is InChI=1S/C13H15F2N3O/c1-2-8(7-19)16-12-9-5-3-4-6-10(9)17-13(18-12)11(14)15/h3-6,8,11,19H,2,7H2,1H3,(H,16,17,18)/t8-/m1/s1. The summed E-state index contributed by atoms with van der Waals surface area (Å²) >= 11 is 0. The van der Waals surface area contributed by atoms with Gasteiger partial charge in [0.25, 0.3) is 6.43 Å². The van der Waals surface area contributed by atoms with Crippen molar-refractivity contribution in [3.8, 4) is 0 Å². The minimum atomic E-state index is -2.72. The Morgan fingerprint density at radius 1 is 1.26 bits per heavy atom. The second-order valence-electron chi connectivity index (χ2n) is 4.18. The van der Waals surface area contributed by atoms with Crippen LogP contribution < -0.4 is 5.32 Å². The predicted molar refractivity (Wildman–Crippen MR) is 69.3 cm³/mol. The summed E-state index contributed by atoms with van der Waals surface area (Å²) < 4.78 is 25.5. The summed E-state index contributed by atoms with van der Waals surface area (Å²) in [4.78, 5) is 7.68. The second kappa shape index (κ2) is 5.88. The Hall–Kier alpha value is -1.82. The van der Waals surface area contributed by atoms with Crippen LogP contribution in [0.15, 0.2) is 24.3 Å². The summed E-state index contributed by atoms with van der Waals surface area (Å²) in [7, 11) is 0. The zero-order valence-electron chi connectivity index (χ0n) is 10.5. The number of benzene rings is 1. The van der Waals surface area contributed by atoms with E-state index in [1.807, 2.05) is 6.92 Å². The number of hydrogen-bond donors (Lipinski definition) is 2. The van der Waals surface area contributed by atoms with E-state index in [0.29, 0.717) is 23.1 Å². The van der Waals surface area contributed by atoms with Gasteiger partial charge in [0, 0.05) is 5.39 Å². The van der Waals surface area contributed by atoms with Crippen LogP contribution >= 0.6 is 0 Å². The molecule has 1 aromatic carbocycles. The molecule has 2 N–H and O–H groups in total. The number of aliphatic hydroxyl groups excluding tert-OH is 1. The molecule has 0 radical (unpaired) electrons. The molecule has 0 fully saturated rings. The summed E-state index contributed by atoms with van der Waals surface area (Å²) in [5, 5.41) is 12.8. The number of alkyl halides is 2. The molecule has 0 saturated carbocycles. The molecular weight excluding hydrogens is 252 g/mol. The molecule has 0 saturated heterocycles. The molecule has 4 nitrogen and oxygen atoms in total. The van der Waals surface area contributed by atoms with E-state index in [1.165, 1.54) is 0 Å². The van der Waals surface area contributed by atoms with E-state index in [1.54, 1.807) is 24.3 Å². The van der Waals surface area contributed by atoms with E-state index in [2.05, 4.69) is 15.3 Å². The highest BCUT2D eigenvalue weighted by molar-refractivity contribution is 5.89. The molecule has 0 unspecified atom stereocenters. The highest BCUT2D eigenvalue weighted by Gasteiger charge is 2.16. The average molecular weight is 267 g/mol. The van der Waals surface area contributed by atoms with Crippen molar-refractivity contribution in [2.75, 3.05) is 11.9 Å². The van der Waals surface area contributed by atoms with Gasteiger partial charge in [-0.1, -0.05) is 19.1 Å². The van der Waals surface area contributed by atoms with Gasteiger partial charge in [-0.05, 0) is 18.6 Å². The number of nitrogens with one attached hydrogen (secondary N) is 1. The molecule has 0 aliphatic rings. The van der Waals surface area contributed by atoms with Gasteiger partial charge in [0.2, 0.25) is 0 Å². The monoisotopic (exact) mass is 267 g/mol. The molecule has 1 aromatic heterocycles. The van der Waals surface area contributed by atoms with Crippen molar-refractivity contribution in [2.24, 2.45) is 0 Å². The molecule has 1 heterocycles. The van der Waals surface area contributed by atoms with Gasteiger partial charge in [-0.25, -0.2) is 18.7 Å². The first kappa shape index (κ1) is 13.6. The lowest BCUT2D eigenvalue weighted by atomic mass is 10.2. The summed E-state index contributed by atoms with van der Waals surface area (Å²) in [5.74, 6) is -0.171. The fraction of sp³-hybridized carbons (Fsp3) is 0.385. The number of fused-ring (bicyclic) bond motifs is 1. The van der Waals surface area contributed by atoms with Crippen molar-refractivity contribution in [3.05, 3.63) is 30.1 Å². The quantitative estimate of drug-likeness (QED) is 0.874. The third-order valence-electron chi connectivity index (χ3n) is 2.87. The van der Waals surface area contributed by atoms with Crippen LogP contribution in [0.25, 0.3) is 10.9 Å². The molecule has 6 heteroatoms. The van der Waals surface area contributed by atoms with Crippen molar-refractivity contribution < 1.29 is 13.9 Å². The molecule has 0 aliphatic heterocycles. The number of para-hydroxylation sites is 1. The van der Waals surface area contributed by atoms with E-state index in [-0.39, 0.29) is 12.6 Å². The Balaban J connectivity index is 2.50. The third kappa shape index (κ3) is 2.96. The van der Waals surface area contributed by atoms with Gasteiger partial charge in [-0.3, -0.25) is 0 Å². The Morgan fingerprint density at radius 2 is 2.00 bits per heavy atom. The third-order valence-corrected chi connectivity index (χ3v) is 2.87. The van der Waals surface area contributed by atoms with Crippen LogP contribution in [0.5, 0.6) is 0 Å². The maximum atomic E-state index is 12.8. The molecule has 2 aromatic rings. The first-order valence-electron chi connectivity index (χ1n) is 6.08. The van der Waals surface area contributed by atoms with E-state index in [0.717, 1.165) is 0 Å². The minimum absolute atomic E-state index is 0.0845. The van der Waals surface area contributed by atoms with Gasteiger partial charge >= 0.3 is 0 Å². The molecule has 0 aliphatic carbocycles. The SMILES string of the molecule is CC[C@H](CO)Nc1nc(C(F)F)nc2ccccc12. The van der Waals surface area contributed by atoms with E-state index < -0.39 is 12.2 Å². The van der Waals surface area contributed by atoms with Crippen molar-refractivity contribution in [2.45, 2.75) is 25.8 Å². The maximum Gasteiger partial charge on any atom is 0.297 e. The normalized spacial score (nSPS) is 12.9. The Kier molecular flexibility index (Phi) is 4.21. The fourth-order valence-electron chi connectivity index (χ4n) is 1.77. The van der Waals surface area contributed by atoms with Crippen molar-refractivity contribution in [1.82, 2.24) is 9.97 Å². The average Bonchev–Trinajstić information content (AvgIpc) is 2.44. The maximum absolute atomic E-state index is 12.8. The summed E-state index contributed by atoms with van der Waals surface area (Å²) in [5.41, 5.74) is 0.461. The number of nitrogens with zero attached hydrogens (tertiary/aromatic N) is 2. The number of aromatic nitrogens is 2. The molecule has 102 valence electrons. The van der Waals surface area contributed by atoms with Gasteiger partial charge in [0.05, 0.1) is 18.2 Å². The lowest BCUT2D eigenvalue weighted by molar-refractivity contribution is 0.141. The molecule has 1 atom stereocenters. The zero-order chi connectivity index (χ0) is 13.8. The number of hydrogen-bond acceptors (Lipinski definition) is 4. The number of halogens is 2. The highest BCUT2D eigenvalue weighted by atomic mass is 19.3. The van der Waals surface area contributed by atoms with Gasteiger partial charge in [0.15, 0.2) is 5.82 Å². The van der Waals surface area contributed by atoms with Gasteiger partial charge in [0.1, 0.15) is 5.82 Å². The van der Waals surface area contributed by atoms with E-state index in [9.17, 15) is 13.9 Å². The predicted octanol–water partition coefficient (Wildman–Crippen LogP) is 2.75. The molecule has 0 spiro atoms. The van der Waals surface area contributed by atoms with Crippen molar-refractivity contribution in [1.29, 1.82) is 0 Å². The molecule has 0 amide bonds. The summed E-state index contributed by atoms with van der Waals surface area (Å²) in [6, 6.07) is 6.73. The van der Waals surface area contributed by atoms with E-state index >= 15 is 0 Å². The van der Waals surface area contributed by atoms with Crippen LogP contribution in [0, 0.1) is 0 Å². The fourth-order valence-corrected chi connectivity index (χ4v) is 1.77. The lowest BCUT2D eigenvalue weighted by Crippen LogP contribution is -2.23. The van der Waals surface area contributed by atoms with Crippen LogP contribution in [0.3, 0.4) is 0 Å². The minimum Gasteiger partial charge on any atom is -0.394 e. The van der Waals surface area contributed by atoms with Gasteiger partial charge in [-0.15, -0.1) is 0 Å². The van der Waals surface area contributed by atoms with Crippen molar-refractivity contribution >= 4 is 16.7 Å². The smallest absolute Gasteiger partial charge is 0.297 e. The van der Waals surface area contributed by atoms with Gasteiger partial charge in [-0.2, -0.15) is 0 Å². The van der Waals surface area contributed by atoms with Crippen LogP contribution in [0.4, 0.5) is 14.6 Å². The Morgan fingerprint density at radius 3 is 2.63 bits per heavy atom. The van der Waals surface area contributed by atoms with Crippen LogP contribution in [0.1, 0.15) is 25.6 Å². The zero-order valence-corrected chi connectivity index (χ0v) is 10.5. The summed E-state index contributed by atoms with van der Waals surface area (Å²) in [6.45, 7) is 1.81. The largest absolute Gasteiger partial charge is 0.394 e. The van der Waals surface area contributed by atoms with E-state index in [4.69, 9.17) is 0 Å². The second-order valence-corrected chi connectivity index (χ2v) is 4.18. The highest BCUT2D eigenvalue weighted by Crippen LogP contribution is 2.24. The van der Waals surface area contributed by atoms with Crippen LogP contribution in [-0.4, -0.2) is 27.7 Å². The number of aliphatic hydroxyl groups is 1. The first-order valence-corrected chi connectivity index (χ1v) is 6.08. The molecule has 19 heavy (non-hydrogen) atoms. The van der Waals surface area contributed by atoms with Crippen molar-refractivity contribution in [3.63, 3.8) is 0 Å². The summed E-state index contributed by atoms with van der Waals surface area (Å²) in [6.07, 6.45) is -2.06. The topological polar surface area (TPSA) is 58.0 Å². The van der Waals surface area contributed by atoms with Crippen LogP contribution in [0.2, 0.25) is 0 Å². The Labute approximate surface area is 109 Å². The Bertz CT molecular complexity index is 559. The number of rotatable bonds is 5.